The predicted octanol–water partition coefficient (Wildman–Crippen LogP) is 2.97. The van der Waals surface area contributed by atoms with E-state index in [1.54, 1.807) is 43.5 Å². The second kappa shape index (κ2) is 8.31. The number of aliphatic hydroxyl groups is 2. The van der Waals surface area contributed by atoms with E-state index in [4.69, 9.17) is 4.74 Å². The molecule has 1 saturated carbocycles. The number of hydrogen-bond acceptors (Lipinski definition) is 8. The normalized spacial score (nSPS) is 22.1. The summed E-state index contributed by atoms with van der Waals surface area (Å²) in [7, 11) is -2.45. The number of rotatable bonds is 6. The highest BCUT2D eigenvalue weighted by molar-refractivity contribution is 7.89. The summed E-state index contributed by atoms with van der Waals surface area (Å²) in [5, 5.41) is 25.5. The van der Waals surface area contributed by atoms with Crippen molar-refractivity contribution in [3.63, 3.8) is 0 Å². The van der Waals surface area contributed by atoms with Crippen LogP contribution in [0.2, 0.25) is 0 Å². The number of hydrogen-bond donors (Lipinski definition) is 3. The molecule has 1 aliphatic rings. The van der Waals surface area contributed by atoms with Crippen molar-refractivity contribution in [2.24, 2.45) is 0 Å². The third kappa shape index (κ3) is 4.78. The first kappa shape index (κ1) is 24.1. The maximum atomic E-state index is 13.3. The van der Waals surface area contributed by atoms with E-state index in [0.29, 0.717) is 52.6 Å². The van der Waals surface area contributed by atoms with Crippen LogP contribution in [0.5, 0.6) is 5.75 Å². The molecule has 0 radical (unpaired) electrons. The Morgan fingerprint density at radius 3 is 2.58 bits per heavy atom. The third-order valence-electron chi connectivity index (χ3n) is 6.01. The number of imidazole rings is 1. The first-order valence-electron chi connectivity index (χ1n) is 10.8. The Hall–Kier alpha value is -2.05. The van der Waals surface area contributed by atoms with Gasteiger partial charge in [-0.05, 0) is 71.6 Å². The van der Waals surface area contributed by atoms with Crippen LogP contribution < -0.4 is 9.46 Å². The van der Waals surface area contributed by atoms with Crippen molar-refractivity contribution in [2.75, 3.05) is 7.11 Å². The average molecular weight is 495 g/mol. The van der Waals surface area contributed by atoms with Gasteiger partial charge in [-0.15, -0.1) is 0 Å². The first-order chi connectivity index (χ1) is 15.3. The van der Waals surface area contributed by atoms with Crippen molar-refractivity contribution >= 4 is 26.3 Å². The molecule has 3 N–H and O–H groups in total. The van der Waals surface area contributed by atoms with E-state index in [9.17, 15) is 18.6 Å². The smallest absolute Gasteiger partial charge is 0.244 e. The summed E-state index contributed by atoms with van der Waals surface area (Å²) in [5.41, 5.74) is 0.122. The Balaban J connectivity index is 1.73. The van der Waals surface area contributed by atoms with Crippen LogP contribution in [-0.4, -0.2) is 52.0 Å². The molecule has 0 bridgehead atoms. The van der Waals surface area contributed by atoms with E-state index in [1.807, 2.05) is 6.92 Å². The standard InChI is InChI=1S/C22H30N4O5S2/c1-13-18(26-20(23-13)32-19(24-26)21(2,3)27)14-6-7-16(31-5)17(12-14)33(29,30)25-15-8-10-22(4,28)11-9-15/h6-7,12,15,25,27-28H,8-11H2,1-5H3/t15-,22+. The van der Waals surface area contributed by atoms with Gasteiger partial charge in [0.25, 0.3) is 0 Å². The zero-order valence-electron chi connectivity index (χ0n) is 19.4. The van der Waals surface area contributed by atoms with Crippen molar-refractivity contribution in [3.05, 3.63) is 28.9 Å². The van der Waals surface area contributed by atoms with E-state index in [1.165, 1.54) is 18.4 Å². The number of ether oxygens (including phenoxy) is 1. The number of methoxy groups -OCH3 is 1. The Morgan fingerprint density at radius 1 is 1.30 bits per heavy atom. The summed E-state index contributed by atoms with van der Waals surface area (Å²) < 4.78 is 36.4. The van der Waals surface area contributed by atoms with Gasteiger partial charge in [-0.1, -0.05) is 11.3 Å². The molecule has 9 nitrogen and oxygen atoms in total. The number of aryl methyl sites for hydroxylation is 1. The summed E-state index contributed by atoms with van der Waals surface area (Å²) in [4.78, 5) is 5.21. The van der Waals surface area contributed by atoms with Crippen LogP contribution >= 0.6 is 11.3 Å². The van der Waals surface area contributed by atoms with Gasteiger partial charge in [-0.3, -0.25) is 0 Å². The Bertz CT molecular complexity index is 1280. The molecule has 0 saturated heterocycles. The fourth-order valence-corrected chi connectivity index (χ4v) is 6.55. The quantitative estimate of drug-likeness (QED) is 0.481. The number of nitrogens with one attached hydrogen (secondary N) is 1. The van der Waals surface area contributed by atoms with Crippen LogP contribution in [0.4, 0.5) is 0 Å². The number of fused-ring (bicyclic) bond motifs is 1. The molecule has 0 aliphatic heterocycles. The van der Waals surface area contributed by atoms with Gasteiger partial charge in [0.05, 0.1) is 24.1 Å². The van der Waals surface area contributed by atoms with Crippen molar-refractivity contribution < 1.29 is 23.4 Å². The maximum absolute atomic E-state index is 13.3. The van der Waals surface area contributed by atoms with Crippen LogP contribution in [0.1, 0.15) is 57.2 Å². The molecular weight excluding hydrogens is 464 g/mol. The molecule has 0 unspecified atom stereocenters. The van der Waals surface area contributed by atoms with Crippen LogP contribution in [-0.2, 0) is 15.6 Å². The summed E-state index contributed by atoms with van der Waals surface area (Å²) in [6.07, 6.45) is 2.21. The Morgan fingerprint density at radius 2 is 1.97 bits per heavy atom. The van der Waals surface area contributed by atoms with Crippen LogP contribution in [0.3, 0.4) is 0 Å². The van der Waals surface area contributed by atoms with Crippen LogP contribution in [0.15, 0.2) is 23.1 Å². The lowest BCUT2D eigenvalue weighted by Gasteiger charge is -2.33. The lowest BCUT2D eigenvalue weighted by atomic mass is 9.84. The Kier molecular flexibility index (Phi) is 6.07. The lowest BCUT2D eigenvalue weighted by molar-refractivity contribution is 0.0163. The zero-order chi connectivity index (χ0) is 24.2. The van der Waals surface area contributed by atoms with Crippen molar-refractivity contribution in [3.8, 4) is 17.0 Å². The predicted molar refractivity (Wildman–Crippen MR) is 126 cm³/mol. The molecular formula is C22H30N4O5S2. The summed E-state index contributed by atoms with van der Waals surface area (Å²) >= 11 is 1.29. The molecule has 0 amide bonds. The molecule has 4 rings (SSSR count). The molecule has 2 aromatic heterocycles. The van der Waals surface area contributed by atoms with Crippen LogP contribution in [0, 0.1) is 6.92 Å². The largest absolute Gasteiger partial charge is 0.495 e. The van der Waals surface area contributed by atoms with Gasteiger partial charge in [0.2, 0.25) is 15.0 Å². The number of aromatic nitrogens is 3. The van der Waals surface area contributed by atoms with E-state index < -0.39 is 21.2 Å². The zero-order valence-corrected chi connectivity index (χ0v) is 21.0. The van der Waals surface area contributed by atoms with Gasteiger partial charge >= 0.3 is 0 Å². The third-order valence-corrected chi connectivity index (χ3v) is 8.78. The fourth-order valence-electron chi connectivity index (χ4n) is 4.10. The molecule has 1 fully saturated rings. The summed E-state index contributed by atoms with van der Waals surface area (Å²) in [6, 6.07) is 4.71. The highest BCUT2D eigenvalue weighted by Crippen LogP contribution is 2.35. The van der Waals surface area contributed by atoms with Gasteiger partial charge in [-0.2, -0.15) is 5.10 Å². The Labute approximate surface area is 197 Å². The van der Waals surface area contributed by atoms with Crippen molar-refractivity contribution in [2.45, 2.75) is 75.5 Å². The van der Waals surface area contributed by atoms with E-state index in [-0.39, 0.29) is 16.7 Å². The maximum Gasteiger partial charge on any atom is 0.244 e. The molecule has 0 atom stereocenters. The highest BCUT2D eigenvalue weighted by atomic mass is 32.2. The number of sulfonamides is 1. The molecule has 0 spiro atoms. The fraction of sp³-hybridized carbons (Fsp3) is 0.545. The first-order valence-corrected chi connectivity index (χ1v) is 13.1. The van der Waals surface area contributed by atoms with Crippen molar-refractivity contribution in [1.29, 1.82) is 0 Å². The molecule has 33 heavy (non-hydrogen) atoms. The minimum atomic E-state index is -3.88. The van der Waals surface area contributed by atoms with Gasteiger partial charge in [0.15, 0.2) is 0 Å². The average Bonchev–Trinajstić information content (AvgIpc) is 3.26. The molecule has 3 aromatic rings. The summed E-state index contributed by atoms with van der Waals surface area (Å²) in [5.74, 6) is 0.239. The monoisotopic (exact) mass is 494 g/mol. The minimum Gasteiger partial charge on any atom is -0.495 e. The second-order valence-electron chi connectivity index (χ2n) is 9.46. The number of benzene rings is 1. The highest BCUT2D eigenvalue weighted by Gasteiger charge is 2.32. The van der Waals surface area contributed by atoms with Gasteiger partial charge in [-0.25, -0.2) is 22.6 Å². The summed E-state index contributed by atoms with van der Waals surface area (Å²) in [6.45, 7) is 6.93. The number of nitrogens with zero attached hydrogens (tertiary/aromatic N) is 3. The van der Waals surface area contributed by atoms with Gasteiger partial charge in [0, 0.05) is 11.6 Å². The lowest BCUT2D eigenvalue weighted by Crippen LogP contribution is -2.42. The molecule has 11 heteroatoms. The minimum absolute atomic E-state index is 0.0344. The SMILES string of the molecule is COc1ccc(-c2c(C)nc3sc(C(C)(C)O)nn23)cc1S(=O)(=O)N[C@H]1CC[C@@](C)(O)CC1. The van der Waals surface area contributed by atoms with Crippen LogP contribution in [0.25, 0.3) is 16.2 Å². The topological polar surface area (TPSA) is 126 Å². The van der Waals surface area contributed by atoms with Gasteiger partial charge < -0.3 is 14.9 Å². The van der Waals surface area contributed by atoms with Crippen molar-refractivity contribution in [1.82, 2.24) is 19.3 Å². The molecule has 2 heterocycles. The van der Waals surface area contributed by atoms with E-state index in [0.717, 1.165) is 0 Å². The molecule has 1 aliphatic carbocycles. The van der Waals surface area contributed by atoms with E-state index in [2.05, 4.69) is 14.8 Å². The molecule has 1 aromatic carbocycles. The second-order valence-corrected chi connectivity index (χ2v) is 12.1. The van der Waals surface area contributed by atoms with E-state index >= 15 is 0 Å². The van der Waals surface area contributed by atoms with Gasteiger partial charge in [0.1, 0.15) is 21.3 Å². The molecule has 180 valence electrons.